The molecule has 1 aliphatic carbocycles. The van der Waals surface area contributed by atoms with Gasteiger partial charge in [-0.25, -0.2) is 18.1 Å². The van der Waals surface area contributed by atoms with Crippen LogP contribution in [-0.4, -0.2) is 19.4 Å². The molecule has 0 aromatic carbocycles. The molecule has 0 spiro atoms. The first-order valence-electron chi connectivity index (χ1n) is 6.67. The number of hydrogen-bond donors (Lipinski definition) is 1. The van der Waals surface area contributed by atoms with E-state index in [1.165, 1.54) is 24.8 Å². The van der Waals surface area contributed by atoms with Gasteiger partial charge < -0.3 is 0 Å². The van der Waals surface area contributed by atoms with Gasteiger partial charge in [-0.3, -0.25) is 0 Å². The van der Waals surface area contributed by atoms with Crippen molar-refractivity contribution in [2.45, 2.75) is 50.0 Å². The molecule has 2 atom stereocenters. The summed E-state index contributed by atoms with van der Waals surface area (Å²) < 4.78 is 27.4. The van der Waals surface area contributed by atoms with Crippen molar-refractivity contribution >= 4 is 21.6 Å². The standard InChI is InChI=1S/C13H19ClN2O2S/c1-2-10-5-3-4-6-12(10)16-19(17,18)11-7-8-13(14)15-9-11/h7-10,12,16H,2-6H2,1H3/t10-,12+/m1/s1. The summed E-state index contributed by atoms with van der Waals surface area (Å²) in [5.41, 5.74) is 0. The lowest BCUT2D eigenvalue weighted by Gasteiger charge is -2.31. The first-order valence-corrected chi connectivity index (χ1v) is 8.53. The van der Waals surface area contributed by atoms with Gasteiger partial charge in [-0.05, 0) is 30.9 Å². The maximum atomic E-state index is 12.3. The van der Waals surface area contributed by atoms with Crippen molar-refractivity contribution in [3.8, 4) is 0 Å². The first kappa shape index (κ1) is 14.8. The van der Waals surface area contributed by atoms with Crippen molar-refractivity contribution in [3.05, 3.63) is 23.5 Å². The number of pyridine rings is 1. The van der Waals surface area contributed by atoms with Crippen LogP contribution in [0.2, 0.25) is 5.15 Å². The van der Waals surface area contributed by atoms with Crippen LogP contribution in [0.4, 0.5) is 0 Å². The Morgan fingerprint density at radius 1 is 1.37 bits per heavy atom. The van der Waals surface area contributed by atoms with Crippen molar-refractivity contribution in [1.29, 1.82) is 0 Å². The summed E-state index contributed by atoms with van der Waals surface area (Å²) in [6.07, 6.45) is 6.60. The highest BCUT2D eigenvalue weighted by Gasteiger charge is 2.28. The molecule has 6 heteroatoms. The predicted molar refractivity (Wildman–Crippen MR) is 75.6 cm³/mol. The Morgan fingerprint density at radius 3 is 2.74 bits per heavy atom. The molecule has 0 radical (unpaired) electrons. The molecule has 4 nitrogen and oxygen atoms in total. The minimum Gasteiger partial charge on any atom is -0.243 e. The Kier molecular flexibility index (Phi) is 4.81. The minimum atomic E-state index is -3.49. The highest BCUT2D eigenvalue weighted by atomic mass is 35.5. The van der Waals surface area contributed by atoms with Gasteiger partial charge >= 0.3 is 0 Å². The molecule has 0 amide bonds. The molecule has 0 unspecified atom stereocenters. The minimum absolute atomic E-state index is 0.0411. The SMILES string of the molecule is CC[C@@H]1CCCC[C@@H]1NS(=O)(=O)c1ccc(Cl)nc1. The quantitative estimate of drug-likeness (QED) is 0.870. The first-order chi connectivity index (χ1) is 9.03. The summed E-state index contributed by atoms with van der Waals surface area (Å²) in [5, 5.41) is 0.294. The van der Waals surface area contributed by atoms with Gasteiger partial charge in [0.25, 0.3) is 0 Å². The molecule has 1 aromatic rings. The van der Waals surface area contributed by atoms with Crippen molar-refractivity contribution in [3.63, 3.8) is 0 Å². The molecule has 1 N–H and O–H groups in total. The lowest BCUT2D eigenvalue weighted by molar-refractivity contribution is 0.282. The average molecular weight is 303 g/mol. The average Bonchev–Trinajstić information content (AvgIpc) is 2.39. The second kappa shape index (κ2) is 6.20. The second-order valence-electron chi connectivity index (χ2n) is 5.00. The van der Waals surface area contributed by atoms with Crippen LogP contribution in [0.15, 0.2) is 23.2 Å². The van der Waals surface area contributed by atoms with Crippen LogP contribution in [0.5, 0.6) is 0 Å². The zero-order valence-electron chi connectivity index (χ0n) is 11.0. The van der Waals surface area contributed by atoms with E-state index >= 15 is 0 Å². The van der Waals surface area contributed by atoms with Gasteiger partial charge in [-0.15, -0.1) is 0 Å². The lowest BCUT2D eigenvalue weighted by atomic mass is 9.83. The van der Waals surface area contributed by atoms with Gasteiger partial charge in [0, 0.05) is 12.2 Å². The third kappa shape index (κ3) is 3.68. The summed E-state index contributed by atoms with van der Waals surface area (Å²) >= 11 is 5.67. The predicted octanol–water partition coefficient (Wildman–Crippen LogP) is 2.98. The van der Waals surface area contributed by atoms with Gasteiger partial charge in [-0.1, -0.05) is 37.8 Å². The van der Waals surface area contributed by atoms with Gasteiger partial charge in [0.05, 0.1) is 0 Å². The number of hydrogen-bond acceptors (Lipinski definition) is 3. The lowest BCUT2D eigenvalue weighted by Crippen LogP contribution is -2.41. The number of nitrogens with one attached hydrogen (secondary N) is 1. The van der Waals surface area contributed by atoms with Crippen molar-refractivity contribution in [2.75, 3.05) is 0 Å². The third-order valence-electron chi connectivity index (χ3n) is 3.75. The molecule has 2 rings (SSSR count). The molecule has 106 valence electrons. The highest BCUT2D eigenvalue weighted by molar-refractivity contribution is 7.89. The Morgan fingerprint density at radius 2 is 2.11 bits per heavy atom. The Labute approximate surface area is 119 Å². The zero-order chi connectivity index (χ0) is 13.9. The van der Waals surface area contributed by atoms with Gasteiger partial charge in [0.15, 0.2) is 0 Å². The fourth-order valence-corrected chi connectivity index (χ4v) is 4.04. The second-order valence-corrected chi connectivity index (χ2v) is 7.10. The van der Waals surface area contributed by atoms with Crippen molar-refractivity contribution in [1.82, 2.24) is 9.71 Å². The maximum Gasteiger partial charge on any atom is 0.242 e. The number of halogens is 1. The molecular weight excluding hydrogens is 284 g/mol. The normalized spacial score (nSPS) is 24.3. The summed E-state index contributed by atoms with van der Waals surface area (Å²) in [5.74, 6) is 0.434. The largest absolute Gasteiger partial charge is 0.243 e. The molecule has 1 heterocycles. The van der Waals surface area contributed by atoms with E-state index in [4.69, 9.17) is 11.6 Å². The van der Waals surface area contributed by atoms with E-state index in [1.807, 2.05) is 0 Å². The third-order valence-corrected chi connectivity index (χ3v) is 5.45. The molecule has 19 heavy (non-hydrogen) atoms. The molecule has 0 bridgehead atoms. The number of rotatable bonds is 4. The maximum absolute atomic E-state index is 12.3. The summed E-state index contributed by atoms with van der Waals surface area (Å²) in [6, 6.07) is 3.02. The number of aromatic nitrogens is 1. The van der Waals surface area contributed by atoms with Crippen LogP contribution in [0, 0.1) is 5.92 Å². The molecule has 1 fully saturated rings. The van der Waals surface area contributed by atoms with E-state index < -0.39 is 10.0 Å². The molecule has 0 saturated heterocycles. The van der Waals surface area contributed by atoms with Crippen molar-refractivity contribution in [2.24, 2.45) is 5.92 Å². The fraction of sp³-hybridized carbons (Fsp3) is 0.615. The molecule has 1 aliphatic rings. The molecule has 0 aliphatic heterocycles. The molecule has 1 aromatic heterocycles. The summed E-state index contributed by atoms with van der Waals surface area (Å²) in [7, 11) is -3.49. The number of sulfonamides is 1. The fourth-order valence-electron chi connectivity index (χ4n) is 2.64. The van der Waals surface area contributed by atoms with E-state index in [2.05, 4.69) is 16.6 Å². The van der Waals surface area contributed by atoms with Crippen LogP contribution >= 0.6 is 11.6 Å². The van der Waals surface area contributed by atoms with Gasteiger partial charge in [0.2, 0.25) is 10.0 Å². The van der Waals surface area contributed by atoms with E-state index in [9.17, 15) is 8.42 Å². The number of nitrogens with zero attached hydrogens (tertiary/aromatic N) is 1. The smallest absolute Gasteiger partial charge is 0.242 e. The monoisotopic (exact) mass is 302 g/mol. The Hall–Kier alpha value is -0.650. The molecular formula is C13H19ClN2O2S. The van der Waals surface area contributed by atoms with Crippen LogP contribution in [0.3, 0.4) is 0 Å². The summed E-state index contributed by atoms with van der Waals surface area (Å²) in [4.78, 5) is 4.00. The van der Waals surface area contributed by atoms with Crippen LogP contribution in [0.25, 0.3) is 0 Å². The van der Waals surface area contributed by atoms with Gasteiger partial charge in [0.1, 0.15) is 10.0 Å². The van der Waals surface area contributed by atoms with E-state index in [-0.39, 0.29) is 10.9 Å². The zero-order valence-corrected chi connectivity index (χ0v) is 12.5. The Balaban J connectivity index is 2.14. The Bertz CT molecular complexity index is 516. The van der Waals surface area contributed by atoms with Crippen LogP contribution in [-0.2, 0) is 10.0 Å². The van der Waals surface area contributed by atoms with Crippen LogP contribution < -0.4 is 4.72 Å². The highest BCUT2D eigenvalue weighted by Crippen LogP contribution is 2.28. The topological polar surface area (TPSA) is 59.1 Å². The van der Waals surface area contributed by atoms with Crippen molar-refractivity contribution < 1.29 is 8.42 Å². The van der Waals surface area contributed by atoms with E-state index in [0.717, 1.165) is 25.7 Å². The van der Waals surface area contributed by atoms with Gasteiger partial charge in [-0.2, -0.15) is 0 Å². The van der Waals surface area contributed by atoms with E-state index in [1.54, 1.807) is 0 Å². The summed E-state index contributed by atoms with van der Waals surface area (Å²) in [6.45, 7) is 2.11. The van der Waals surface area contributed by atoms with Crippen LogP contribution in [0.1, 0.15) is 39.0 Å². The molecule has 1 saturated carbocycles. The van der Waals surface area contributed by atoms with E-state index in [0.29, 0.717) is 11.1 Å².